The Balaban J connectivity index is 2.30. The number of methoxy groups -OCH3 is 2. The van der Waals surface area contributed by atoms with E-state index in [4.69, 9.17) is 21.1 Å². The van der Waals surface area contributed by atoms with Crippen molar-refractivity contribution in [2.45, 2.75) is 18.7 Å². The third kappa shape index (κ3) is 3.05. The topological polar surface area (TPSA) is 31.4 Å². The molecule has 0 aliphatic rings. The molecule has 0 aliphatic carbocycles. The van der Waals surface area contributed by atoms with Crippen molar-refractivity contribution in [2.24, 2.45) is 0 Å². The molecule has 1 atom stereocenters. The van der Waals surface area contributed by atoms with Gasteiger partial charge < -0.3 is 9.47 Å². The van der Waals surface area contributed by atoms with Crippen molar-refractivity contribution in [3.8, 4) is 11.5 Å². The van der Waals surface area contributed by atoms with Crippen molar-refractivity contribution in [3.05, 3.63) is 53.3 Å². The van der Waals surface area contributed by atoms with E-state index in [-0.39, 0.29) is 5.38 Å². The molecular formula is C16H18ClNO2. The average molecular weight is 292 g/mol. The Kier molecular flexibility index (Phi) is 4.85. The molecule has 20 heavy (non-hydrogen) atoms. The van der Waals surface area contributed by atoms with Gasteiger partial charge in [0.2, 0.25) is 0 Å². The minimum Gasteiger partial charge on any atom is -0.493 e. The third-order valence-corrected chi connectivity index (χ3v) is 3.65. The van der Waals surface area contributed by atoms with E-state index in [2.05, 4.69) is 4.98 Å². The zero-order valence-electron chi connectivity index (χ0n) is 11.9. The summed E-state index contributed by atoms with van der Waals surface area (Å²) in [6.07, 6.45) is 2.44. The highest BCUT2D eigenvalue weighted by Gasteiger charge is 2.18. The first kappa shape index (κ1) is 14.7. The van der Waals surface area contributed by atoms with Gasteiger partial charge in [-0.2, -0.15) is 0 Å². The Morgan fingerprint density at radius 1 is 1.15 bits per heavy atom. The Labute approximate surface area is 124 Å². The molecule has 106 valence electrons. The number of alkyl halides is 1. The Bertz CT molecular complexity index is 586. The largest absolute Gasteiger partial charge is 0.493 e. The molecule has 2 aromatic rings. The van der Waals surface area contributed by atoms with Crippen LogP contribution in [0.5, 0.6) is 11.5 Å². The minimum absolute atomic E-state index is 0.214. The number of benzene rings is 1. The summed E-state index contributed by atoms with van der Waals surface area (Å²) in [5.74, 6) is 1.37. The van der Waals surface area contributed by atoms with Crippen molar-refractivity contribution in [2.75, 3.05) is 14.2 Å². The number of para-hydroxylation sites is 1. The predicted octanol–water partition coefficient (Wildman–Crippen LogP) is 3.93. The highest BCUT2D eigenvalue weighted by molar-refractivity contribution is 6.21. The van der Waals surface area contributed by atoms with Gasteiger partial charge in [0.25, 0.3) is 0 Å². The van der Waals surface area contributed by atoms with Crippen LogP contribution in [0.1, 0.15) is 22.2 Å². The SMILES string of the molecule is COc1cccc(C(Cl)Cc2ncccc2C)c1OC. The van der Waals surface area contributed by atoms with Crippen LogP contribution in [0.25, 0.3) is 0 Å². The van der Waals surface area contributed by atoms with Crippen LogP contribution in [-0.4, -0.2) is 19.2 Å². The van der Waals surface area contributed by atoms with E-state index in [1.165, 1.54) is 0 Å². The zero-order chi connectivity index (χ0) is 14.5. The summed E-state index contributed by atoms with van der Waals surface area (Å²) in [7, 11) is 3.24. The number of hydrogen-bond acceptors (Lipinski definition) is 3. The van der Waals surface area contributed by atoms with Crippen molar-refractivity contribution in [1.82, 2.24) is 4.98 Å². The van der Waals surface area contributed by atoms with Gasteiger partial charge >= 0.3 is 0 Å². The molecule has 0 bridgehead atoms. The fraction of sp³-hybridized carbons (Fsp3) is 0.312. The molecule has 0 aliphatic heterocycles. The third-order valence-electron chi connectivity index (χ3n) is 3.26. The number of halogens is 1. The second-order valence-corrected chi connectivity index (χ2v) is 5.05. The first-order valence-electron chi connectivity index (χ1n) is 6.42. The summed E-state index contributed by atoms with van der Waals surface area (Å²) in [5, 5.41) is -0.214. The number of aryl methyl sites for hydroxylation is 1. The van der Waals surface area contributed by atoms with Gasteiger partial charge in [-0.25, -0.2) is 0 Å². The zero-order valence-corrected chi connectivity index (χ0v) is 12.6. The monoisotopic (exact) mass is 291 g/mol. The van der Waals surface area contributed by atoms with Crippen LogP contribution < -0.4 is 9.47 Å². The molecule has 4 heteroatoms. The summed E-state index contributed by atoms with van der Waals surface area (Å²) in [4.78, 5) is 4.39. The van der Waals surface area contributed by atoms with E-state index in [9.17, 15) is 0 Å². The first-order chi connectivity index (χ1) is 9.67. The van der Waals surface area contributed by atoms with Crippen molar-refractivity contribution < 1.29 is 9.47 Å². The lowest BCUT2D eigenvalue weighted by Gasteiger charge is -2.16. The molecule has 3 nitrogen and oxygen atoms in total. The number of ether oxygens (including phenoxy) is 2. The lowest BCUT2D eigenvalue weighted by Crippen LogP contribution is -2.03. The molecule has 0 saturated carbocycles. The standard InChI is InChI=1S/C16H18ClNO2/c1-11-6-5-9-18-14(11)10-13(17)12-7-4-8-15(19-2)16(12)20-3/h4-9,13H,10H2,1-3H3. The average Bonchev–Trinajstić information content (AvgIpc) is 2.48. The van der Waals surface area contributed by atoms with Crippen LogP contribution in [0, 0.1) is 6.92 Å². The molecular weight excluding hydrogens is 274 g/mol. The molecule has 2 rings (SSSR count). The molecule has 0 saturated heterocycles. The highest BCUT2D eigenvalue weighted by atomic mass is 35.5. The van der Waals surface area contributed by atoms with E-state index < -0.39 is 0 Å². The molecule has 0 fully saturated rings. The van der Waals surface area contributed by atoms with Gasteiger partial charge in [0.15, 0.2) is 11.5 Å². The number of rotatable bonds is 5. The van der Waals surface area contributed by atoms with E-state index in [0.717, 1.165) is 16.8 Å². The van der Waals surface area contributed by atoms with E-state index in [1.54, 1.807) is 20.4 Å². The molecule has 0 radical (unpaired) electrons. The van der Waals surface area contributed by atoms with Gasteiger partial charge in [0, 0.05) is 23.9 Å². The smallest absolute Gasteiger partial charge is 0.165 e. The molecule has 0 amide bonds. The van der Waals surface area contributed by atoms with Gasteiger partial charge in [0.05, 0.1) is 19.6 Å². The summed E-state index contributed by atoms with van der Waals surface area (Å²) >= 11 is 6.55. The maximum Gasteiger partial charge on any atom is 0.165 e. The molecule has 1 heterocycles. The Morgan fingerprint density at radius 2 is 1.95 bits per heavy atom. The number of nitrogens with zero attached hydrogens (tertiary/aromatic N) is 1. The van der Waals surface area contributed by atoms with E-state index in [0.29, 0.717) is 17.9 Å². The fourth-order valence-electron chi connectivity index (χ4n) is 2.17. The lowest BCUT2D eigenvalue weighted by molar-refractivity contribution is 0.351. The lowest BCUT2D eigenvalue weighted by atomic mass is 10.0. The quantitative estimate of drug-likeness (QED) is 0.782. The van der Waals surface area contributed by atoms with Gasteiger partial charge in [-0.1, -0.05) is 18.2 Å². The van der Waals surface area contributed by atoms with Crippen molar-refractivity contribution >= 4 is 11.6 Å². The fourth-order valence-corrected chi connectivity index (χ4v) is 2.49. The van der Waals surface area contributed by atoms with Gasteiger partial charge in [0.1, 0.15) is 0 Å². The van der Waals surface area contributed by atoms with Crippen molar-refractivity contribution in [3.63, 3.8) is 0 Å². The number of aromatic nitrogens is 1. The summed E-state index contributed by atoms with van der Waals surface area (Å²) in [6, 6.07) is 9.69. The molecule has 0 spiro atoms. The first-order valence-corrected chi connectivity index (χ1v) is 6.86. The predicted molar refractivity (Wildman–Crippen MR) is 80.8 cm³/mol. The second-order valence-electron chi connectivity index (χ2n) is 4.52. The van der Waals surface area contributed by atoms with E-state index >= 15 is 0 Å². The van der Waals surface area contributed by atoms with Crippen LogP contribution in [0.4, 0.5) is 0 Å². The Morgan fingerprint density at radius 3 is 2.60 bits per heavy atom. The molecule has 1 aromatic carbocycles. The van der Waals surface area contributed by atoms with Crippen LogP contribution >= 0.6 is 11.6 Å². The maximum absolute atomic E-state index is 6.55. The van der Waals surface area contributed by atoms with Crippen LogP contribution in [0.2, 0.25) is 0 Å². The number of pyridine rings is 1. The minimum atomic E-state index is -0.214. The van der Waals surface area contributed by atoms with Gasteiger partial charge in [-0.05, 0) is 24.6 Å². The van der Waals surface area contributed by atoms with Gasteiger partial charge in [-0.3, -0.25) is 4.98 Å². The van der Waals surface area contributed by atoms with Crippen LogP contribution in [0.3, 0.4) is 0 Å². The van der Waals surface area contributed by atoms with Crippen LogP contribution in [-0.2, 0) is 6.42 Å². The van der Waals surface area contributed by atoms with Crippen molar-refractivity contribution in [1.29, 1.82) is 0 Å². The summed E-state index contributed by atoms with van der Waals surface area (Å²) in [5.41, 5.74) is 3.05. The summed E-state index contributed by atoms with van der Waals surface area (Å²) < 4.78 is 10.7. The molecule has 0 N–H and O–H groups in total. The normalized spacial score (nSPS) is 12.0. The molecule has 1 unspecified atom stereocenters. The maximum atomic E-state index is 6.55. The molecule has 1 aromatic heterocycles. The van der Waals surface area contributed by atoms with Crippen LogP contribution in [0.15, 0.2) is 36.5 Å². The number of hydrogen-bond donors (Lipinski definition) is 0. The van der Waals surface area contributed by atoms with Gasteiger partial charge in [-0.15, -0.1) is 11.6 Å². The Hall–Kier alpha value is -1.74. The summed E-state index contributed by atoms with van der Waals surface area (Å²) in [6.45, 7) is 2.04. The highest BCUT2D eigenvalue weighted by Crippen LogP contribution is 2.38. The second kappa shape index (κ2) is 6.62. The van der Waals surface area contributed by atoms with E-state index in [1.807, 2.05) is 37.3 Å².